The van der Waals surface area contributed by atoms with Gasteiger partial charge in [0.2, 0.25) is 0 Å². The van der Waals surface area contributed by atoms with E-state index in [1.165, 1.54) is 20.0 Å². The van der Waals surface area contributed by atoms with Crippen LogP contribution in [0, 0.1) is 0 Å². The molecule has 1 unspecified atom stereocenters. The van der Waals surface area contributed by atoms with Gasteiger partial charge in [-0.05, 0) is 43.5 Å². The highest BCUT2D eigenvalue weighted by atomic mass is 16.5. The molecule has 0 spiro atoms. The van der Waals surface area contributed by atoms with E-state index in [-0.39, 0.29) is 5.97 Å². The van der Waals surface area contributed by atoms with Crippen LogP contribution >= 0.6 is 0 Å². The minimum Gasteiger partial charge on any atom is -0.492 e. The van der Waals surface area contributed by atoms with Crippen LogP contribution < -0.4 is 10.1 Å². The minimum absolute atomic E-state index is 0.173. The second-order valence-electron chi connectivity index (χ2n) is 4.82. The zero-order valence-electron chi connectivity index (χ0n) is 11.4. The Bertz CT molecular complexity index is 396. The van der Waals surface area contributed by atoms with E-state index >= 15 is 0 Å². The first-order chi connectivity index (χ1) is 9.28. The van der Waals surface area contributed by atoms with E-state index in [0.717, 1.165) is 24.5 Å². The van der Waals surface area contributed by atoms with Gasteiger partial charge in [-0.25, -0.2) is 0 Å². The van der Waals surface area contributed by atoms with Gasteiger partial charge < -0.3 is 14.8 Å². The molecule has 1 fully saturated rings. The first-order valence-corrected chi connectivity index (χ1v) is 6.80. The van der Waals surface area contributed by atoms with Gasteiger partial charge in [-0.15, -0.1) is 0 Å². The van der Waals surface area contributed by atoms with Gasteiger partial charge in [-0.1, -0.05) is 12.1 Å². The van der Waals surface area contributed by atoms with Crippen molar-refractivity contribution in [3.63, 3.8) is 0 Å². The molecule has 0 saturated carbocycles. The Morgan fingerprint density at radius 2 is 2.16 bits per heavy atom. The van der Waals surface area contributed by atoms with E-state index in [1.54, 1.807) is 0 Å². The van der Waals surface area contributed by atoms with Crippen molar-refractivity contribution in [3.05, 3.63) is 29.8 Å². The summed E-state index contributed by atoms with van der Waals surface area (Å²) < 4.78 is 10.4. The number of rotatable bonds is 6. The largest absolute Gasteiger partial charge is 0.492 e. The smallest absolute Gasteiger partial charge is 0.305 e. The first-order valence-electron chi connectivity index (χ1n) is 6.80. The van der Waals surface area contributed by atoms with Crippen molar-refractivity contribution >= 4 is 5.97 Å². The highest BCUT2D eigenvalue weighted by Gasteiger charge is 2.14. The molecule has 1 aromatic carbocycles. The molecular formula is C15H21NO3. The summed E-state index contributed by atoms with van der Waals surface area (Å²) in [5, 5.41) is 3.40. The van der Waals surface area contributed by atoms with Gasteiger partial charge in [0, 0.05) is 12.5 Å². The third kappa shape index (κ3) is 4.56. The third-order valence-corrected chi connectivity index (χ3v) is 3.38. The summed E-state index contributed by atoms with van der Waals surface area (Å²) in [5.74, 6) is 0.711. The van der Waals surface area contributed by atoms with E-state index < -0.39 is 0 Å². The molecule has 2 rings (SSSR count). The highest BCUT2D eigenvalue weighted by Crippen LogP contribution is 2.15. The van der Waals surface area contributed by atoms with Crippen LogP contribution in [0.1, 0.15) is 24.8 Å². The molecule has 0 amide bonds. The Morgan fingerprint density at radius 1 is 1.37 bits per heavy atom. The molecule has 104 valence electrons. The van der Waals surface area contributed by atoms with Gasteiger partial charge in [0.05, 0.1) is 7.11 Å². The maximum atomic E-state index is 11.0. The minimum atomic E-state index is -0.173. The number of aryl methyl sites for hydroxylation is 1. The average Bonchev–Trinajstić information content (AvgIpc) is 2.97. The fourth-order valence-corrected chi connectivity index (χ4v) is 2.20. The molecule has 1 saturated heterocycles. The van der Waals surface area contributed by atoms with Crippen molar-refractivity contribution in [3.8, 4) is 5.75 Å². The average molecular weight is 263 g/mol. The topological polar surface area (TPSA) is 47.6 Å². The Morgan fingerprint density at radius 3 is 2.79 bits per heavy atom. The molecule has 1 aliphatic rings. The van der Waals surface area contributed by atoms with E-state index in [2.05, 4.69) is 10.1 Å². The van der Waals surface area contributed by atoms with Crippen LogP contribution in [-0.2, 0) is 16.0 Å². The van der Waals surface area contributed by atoms with Crippen molar-refractivity contribution in [1.29, 1.82) is 0 Å². The number of carbonyl (C=O) groups is 1. The molecule has 4 heteroatoms. The van der Waals surface area contributed by atoms with Crippen LogP contribution in [0.15, 0.2) is 24.3 Å². The molecule has 0 radical (unpaired) electrons. The molecule has 19 heavy (non-hydrogen) atoms. The second kappa shape index (κ2) is 7.14. The Labute approximate surface area is 114 Å². The molecule has 0 aromatic heterocycles. The summed E-state index contributed by atoms with van der Waals surface area (Å²) in [7, 11) is 1.41. The monoisotopic (exact) mass is 263 g/mol. The van der Waals surface area contributed by atoms with E-state index in [9.17, 15) is 4.79 Å². The summed E-state index contributed by atoms with van der Waals surface area (Å²) in [4.78, 5) is 11.0. The maximum Gasteiger partial charge on any atom is 0.305 e. The lowest BCUT2D eigenvalue weighted by Crippen LogP contribution is -2.28. The SMILES string of the molecule is COC(=O)CCc1ccc(OCC2CCCN2)cc1. The van der Waals surface area contributed by atoms with Gasteiger partial charge >= 0.3 is 5.97 Å². The van der Waals surface area contributed by atoms with Crippen LogP contribution in [0.3, 0.4) is 0 Å². The van der Waals surface area contributed by atoms with E-state index in [1.807, 2.05) is 24.3 Å². The second-order valence-corrected chi connectivity index (χ2v) is 4.82. The standard InChI is InChI=1S/C15H21NO3/c1-18-15(17)9-6-12-4-7-14(8-5-12)19-11-13-3-2-10-16-13/h4-5,7-8,13,16H,2-3,6,9-11H2,1H3. The number of carbonyl (C=O) groups excluding carboxylic acids is 1. The van der Waals surface area contributed by atoms with Crippen LogP contribution in [-0.4, -0.2) is 32.3 Å². The molecule has 4 nitrogen and oxygen atoms in total. The molecule has 0 aliphatic carbocycles. The Hall–Kier alpha value is -1.55. The van der Waals surface area contributed by atoms with Crippen molar-refractivity contribution in [2.75, 3.05) is 20.3 Å². The van der Waals surface area contributed by atoms with Gasteiger partial charge in [0.1, 0.15) is 12.4 Å². The Kier molecular flexibility index (Phi) is 5.21. The van der Waals surface area contributed by atoms with E-state index in [0.29, 0.717) is 18.9 Å². The lowest BCUT2D eigenvalue weighted by atomic mass is 10.1. The van der Waals surface area contributed by atoms with Crippen LogP contribution in [0.5, 0.6) is 5.75 Å². The molecule has 1 heterocycles. The zero-order valence-corrected chi connectivity index (χ0v) is 11.4. The van der Waals surface area contributed by atoms with Crippen molar-refractivity contribution < 1.29 is 14.3 Å². The van der Waals surface area contributed by atoms with Gasteiger partial charge in [0.25, 0.3) is 0 Å². The molecule has 1 atom stereocenters. The zero-order chi connectivity index (χ0) is 13.5. The third-order valence-electron chi connectivity index (χ3n) is 3.38. The van der Waals surface area contributed by atoms with Crippen LogP contribution in [0.25, 0.3) is 0 Å². The number of esters is 1. The number of ether oxygens (including phenoxy) is 2. The van der Waals surface area contributed by atoms with Gasteiger partial charge in [0.15, 0.2) is 0 Å². The van der Waals surface area contributed by atoms with Gasteiger partial charge in [-0.3, -0.25) is 4.79 Å². The summed E-state index contributed by atoms with van der Waals surface area (Å²) in [5.41, 5.74) is 1.12. The summed E-state index contributed by atoms with van der Waals surface area (Å²) in [6.07, 6.45) is 3.55. The number of methoxy groups -OCH3 is 1. The molecule has 1 aromatic rings. The number of hydrogen-bond donors (Lipinski definition) is 1. The van der Waals surface area contributed by atoms with Crippen molar-refractivity contribution in [2.45, 2.75) is 31.7 Å². The molecule has 1 aliphatic heterocycles. The molecular weight excluding hydrogens is 242 g/mol. The van der Waals surface area contributed by atoms with E-state index in [4.69, 9.17) is 4.74 Å². The van der Waals surface area contributed by atoms with Crippen molar-refractivity contribution in [2.24, 2.45) is 0 Å². The number of nitrogens with one attached hydrogen (secondary N) is 1. The van der Waals surface area contributed by atoms with Gasteiger partial charge in [-0.2, -0.15) is 0 Å². The maximum absolute atomic E-state index is 11.0. The predicted molar refractivity (Wildman–Crippen MR) is 73.3 cm³/mol. The quantitative estimate of drug-likeness (QED) is 0.797. The normalized spacial score (nSPS) is 18.3. The highest BCUT2D eigenvalue weighted by molar-refractivity contribution is 5.69. The fraction of sp³-hybridized carbons (Fsp3) is 0.533. The molecule has 1 N–H and O–H groups in total. The van der Waals surface area contributed by atoms with Crippen molar-refractivity contribution in [1.82, 2.24) is 5.32 Å². The summed E-state index contributed by atoms with van der Waals surface area (Å²) in [6, 6.07) is 8.41. The lowest BCUT2D eigenvalue weighted by molar-refractivity contribution is -0.140. The number of benzene rings is 1. The molecule has 0 bridgehead atoms. The summed E-state index contributed by atoms with van der Waals surface area (Å²) in [6.45, 7) is 1.82. The first kappa shape index (κ1) is 13.9. The predicted octanol–water partition coefficient (Wildman–Crippen LogP) is 1.92. The Balaban J connectivity index is 1.75. The summed E-state index contributed by atoms with van der Waals surface area (Å²) >= 11 is 0. The number of hydrogen-bond acceptors (Lipinski definition) is 4. The fourth-order valence-electron chi connectivity index (χ4n) is 2.20. The van der Waals surface area contributed by atoms with Crippen LogP contribution in [0.2, 0.25) is 0 Å². The van der Waals surface area contributed by atoms with Crippen LogP contribution in [0.4, 0.5) is 0 Å². The lowest BCUT2D eigenvalue weighted by Gasteiger charge is -2.12.